The number of piperazine rings is 1. The van der Waals surface area contributed by atoms with Gasteiger partial charge in [-0.2, -0.15) is 0 Å². The summed E-state index contributed by atoms with van der Waals surface area (Å²) in [5.41, 5.74) is 1.24. The van der Waals surface area contributed by atoms with Crippen molar-refractivity contribution in [2.45, 2.75) is 6.92 Å². The van der Waals surface area contributed by atoms with Crippen LogP contribution in [-0.2, 0) is 4.79 Å². The number of carbonyl (C=O) groups is 2. The number of amides is 1. The SMILES string of the molecule is CC(=O)N1CCN(c2ccc(OC(=O)c3cnc(Cl)c(Cl)c3)cc2)CC1. The van der Waals surface area contributed by atoms with E-state index in [4.69, 9.17) is 27.9 Å². The number of halogens is 2. The smallest absolute Gasteiger partial charge is 0.345 e. The topological polar surface area (TPSA) is 62.7 Å². The number of aromatic nitrogens is 1. The first-order valence-electron chi connectivity index (χ1n) is 8.08. The highest BCUT2D eigenvalue weighted by Crippen LogP contribution is 2.23. The molecule has 6 nitrogen and oxygen atoms in total. The summed E-state index contributed by atoms with van der Waals surface area (Å²) in [5, 5.41) is 0.332. The Balaban J connectivity index is 1.62. The third-order valence-corrected chi connectivity index (χ3v) is 4.86. The predicted octanol–water partition coefficient (Wildman–Crippen LogP) is 3.28. The first-order chi connectivity index (χ1) is 12.4. The highest BCUT2D eigenvalue weighted by Gasteiger charge is 2.19. The molecule has 8 heteroatoms. The van der Waals surface area contributed by atoms with E-state index in [9.17, 15) is 9.59 Å². The molecule has 1 aliphatic heterocycles. The van der Waals surface area contributed by atoms with E-state index < -0.39 is 5.97 Å². The molecule has 0 spiro atoms. The van der Waals surface area contributed by atoms with Crippen LogP contribution in [0.4, 0.5) is 5.69 Å². The van der Waals surface area contributed by atoms with Crippen LogP contribution in [-0.4, -0.2) is 47.9 Å². The molecule has 0 aliphatic carbocycles. The summed E-state index contributed by atoms with van der Waals surface area (Å²) in [6, 6.07) is 8.66. The van der Waals surface area contributed by atoms with Crippen molar-refractivity contribution in [3.05, 3.63) is 52.3 Å². The van der Waals surface area contributed by atoms with E-state index >= 15 is 0 Å². The minimum Gasteiger partial charge on any atom is -0.423 e. The summed E-state index contributed by atoms with van der Waals surface area (Å²) in [6.07, 6.45) is 1.32. The van der Waals surface area contributed by atoms with Gasteiger partial charge in [-0.3, -0.25) is 4.79 Å². The second kappa shape index (κ2) is 7.93. The van der Waals surface area contributed by atoms with E-state index in [0.29, 0.717) is 18.8 Å². The molecule has 26 heavy (non-hydrogen) atoms. The Morgan fingerprint density at radius 1 is 1.08 bits per heavy atom. The zero-order chi connectivity index (χ0) is 18.7. The molecule has 0 N–H and O–H groups in total. The zero-order valence-electron chi connectivity index (χ0n) is 14.1. The van der Waals surface area contributed by atoms with Crippen molar-refractivity contribution in [3.8, 4) is 5.75 Å². The number of ether oxygens (including phenoxy) is 1. The normalized spacial score (nSPS) is 14.3. The molecule has 0 unspecified atom stereocenters. The average molecular weight is 394 g/mol. The van der Waals surface area contributed by atoms with Gasteiger partial charge in [0.1, 0.15) is 10.9 Å². The molecule has 136 valence electrons. The molecule has 3 rings (SSSR count). The minimum absolute atomic E-state index is 0.101. The summed E-state index contributed by atoms with van der Waals surface area (Å²) < 4.78 is 5.33. The second-order valence-corrected chi connectivity index (χ2v) is 6.64. The molecule has 0 bridgehead atoms. The van der Waals surface area contributed by atoms with Crippen LogP contribution in [0.5, 0.6) is 5.75 Å². The molecule has 1 aromatic heterocycles. The number of benzene rings is 1. The molecule has 1 aromatic carbocycles. The number of anilines is 1. The van der Waals surface area contributed by atoms with Crippen LogP contribution in [0.15, 0.2) is 36.5 Å². The van der Waals surface area contributed by atoms with Crippen LogP contribution in [0.1, 0.15) is 17.3 Å². The molecular weight excluding hydrogens is 377 g/mol. The lowest BCUT2D eigenvalue weighted by atomic mass is 10.2. The largest absolute Gasteiger partial charge is 0.423 e. The van der Waals surface area contributed by atoms with Crippen LogP contribution in [0, 0.1) is 0 Å². The van der Waals surface area contributed by atoms with Crippen molar-refractivity contribution in [2.24, 2.45) is 0 Å². The van der Waals surface area contributed by atoms with E-state index in [1.54, 1.807) is 19.1 Å². The lowest BCUT2D eigenvalue weighted by Gasteiger charge is -2.35. The van der Waals surface area contributed by atoms with Gasteiger partial charge in [0.2, 0.25) is 5.91 Å². The fraction of sp³-hybridized carbons (Fsp3) is 0.278. The number of carbonyl (C=O) groups excluding carboxylic acids is 2. The van der Waals surface area contributed by atoms with E-state index in [1.165, 1.54) is 12.3 Å². The van der Waals surface area contributed by atoms with Crippen LogP contribution < -0.4 is 9.64 Å². The number of hydrogen-bond donors (Lipinski definition) is 0. The first kappa shape index (κ1) is 18.5. The average Bonchev–Trinajstić information content (AvgIpc) is 2.64. The van der Waals surface area contributed by atoms with Crippen molar-refractivity contribution in [1.82, 2.24) is 9.88 Å². The third-order valence-electron chi connectivity index (χ3n) is 4.17. The van der Waals surface area contributed by atoms with Crippen molar-refractivity contribution in [1.29, 1.82) is 0 Å². The summed E-state index contributed by atoms with van der Waals surface area (Å²) in [6.45, 7) is 4.54. The maximum Gasteiger partial charge on any atom is 0.345 e. The molecule has 0 saturated carbocycles. The second-order valence-electron chi connectivity index (χ2n) is 5.87. The van der Waals surface area contributed by atoms with Crippen LogP contribution >= 0.6 is 23.2 Å². The van der Waals surface area contributed by atoms with Gasteiger partial charge >= 0.3 is 5.97 Å². The Labute approximate surface area is 161 Å². The lowest BCUT2D eigenvalue weighted by Crippen LogP contribution is -2.48. The van der Waals surface area contributed by atoms with Crippen molar-refractivity contribution in [2.75, 3.05) is 31.1 Å². The summed E-state index contributed by atoms with van der Waals surface area (Å²) in [5.74, 6) is -0.0326. The number of nitrogens with zero attached hydrogens (tertiary/aromatic N) is 3. The van der Waals surface area contributed by atoms with Gasteiger partial charge in [0.15, 0.2) is 0 Å². The first-order valence-corrected chi connectivity index (χ1v) is 8.83. The number of pyridine rings is 1. The molecule has 1 saturated heterocycles. The van der Waals surface area contributed by atoms with E-state index in [-0.39, 0.29) is 21.6 Å². The van der Waals surface area contributed by atoms with Gasteiger partial charge in [-0.1, -0.05) is 23.2 Å². The number of esters is 1. The monoisotopic (exact) mass is 393 g/mol. The Bertz CT molecular complexity index is 819. The van der Waals surface area contributed by atoms with Gasteiger partial charge in [-0.05, 0) is 30.3 Å². The predicted molar refractivity (Wildman–Crippen MR) is 100 cm³/mol. The molecular formula is C18H17Cl2N3O3. The molecule has 0 atom stereocenters. The zero-order valence-corrected chi connectivity index (χ0v) is 15.6. The highest BCUT2D eigenvalue weighted by molar-refractivity contribution is 6.41. The maximum atomic E-state index is 12.2. The van der Waals surface area contributed by atoms with Gasteiger partial charge in [-0.15, -0.1) is 0 Å². The number of rotatable bonds is 3. The molecule has 1 aliphatic rings. The summed E-state index contributed by atoms with van der Waals surface area (Å²) in [7, 11) is 0. The van der Waals surface area contributed by atoms with Crippen LogP contribution in [0.25, 0.3) is 0 Å². The molecule has 2 aromatic rings. The standard InChI is InChI=1S/C18H17Cl2N3O3/c1-12(24)22-6-8-23(9-7-22)14-2-4-15(5-3-14)26-18(25)13-10-16(19)17(20)21-11-13/h2-5,10-11H,6-9H2,1H3. The molecule has 1 amide bonds. The van der Waals surface area contributed by atoms with Gasteiger partial charge < -0.3 is 14.5 Å². The molecule has 2 heterocycles. The minimum atomic E-state index is -0.557. The van der Waals surface area contributed by atoms with Gasteiger partial charge in [0, 0.05) is 45.0 Å². The van der Waals surface area contributed by atoms with Crippen molar-refractivity contribution < 1.29 is 14.3 Å². The molecule has 0 radical (unpaired) electrons. The van der Waals surface area contributed by atoms with E-state index in [0.717, 1.165) is 18.8 Å². The Kier molecular flexibility index (Phi) is 5.64. The Morgan fingerprint density at radius 2 is 1.73 bits per heavy atom. The van der Waals surface area contributed by atoms with Gasteiger partial charge in [0.25, 0.3) is 0 Å². The Morgan fingerprint density at radius 3 is 2.31 bits per heavy atom. The maximum absolute atomic E-state index is 12.2. The fourth-order valence-corrected chi connectivity index (χ4v) is 2.97. The van der Waals surface area contributed by atoms with Crippen molar-refractivity contribution in [3.63, 3.8) is 0 Å². The summed E-state index contributed by atoms with van der Waals surface area (Å²) >= 11 is 11.6. The highest BCUT2D eigenvalue weighted by atomic mass is 35.5. The lowest BCUT2D eigenvalue weighted by molar-refractivity contribution is -0.129. The van der Waals surface area contributed by atoms with Crippen LogP contribution in [0.3, 0.4) is 0 Å². The third kappa shape index (κ3) is 4.26. The Hall–Kier alpha value is -2.31. The van der Waals surface area contributed by atoms with E-state index in [2.05, 4.69) is 9.88 Å². The molecule has 1 fully saturated rings. The quantitative estimate of drug-likeness (QED) is 0.454. The van der Waals surface area contributed by atoms with Gasteiger partial charge in [0.05, 0.1) is 10.6 Å². The summed E-state index contributed by atoms with van der Waals surface area (Å²) in [4.78, 5) is 31.4. The van der Waals surface area contributed by atoms with Gasteiger partial charge in [-0.25, -0.2) is 9.78 Å². The van der Waals surface area contributed by atoms with Crippen molar-refractivity contribution >= 4 is 40.8 Å². The van der Waals surface area contributed by atoms with Crippen LogP contribution in [0.2, 0.25) is 10.2 Å². The fourth-order valence-electron chi connectivity index (χ4n) is 2.70. The number of hydrogen-bond acceptors (Lipinski definition) is 5. The van der Waals surface area contributed by atoms with E-state index in [1.807, 2.05) is 17.0 Å².